The first kappa shape index (κ1) is 35.7. The van der Waals surface area contributed by atoms with Crippen molar-refractivity contribution in [1.82, 2.24) is 24.1 Å². The van der Waals surface area contributed by atoms with E-state index in [0.717, 1.165) is 5.56 Å². The zero-order valence-corrected chi connectivity index (χ0v) is 35.6. The van der Waals surface area contributed by atoms with E-state index in [1.54, 1.807) is 23.8 Å². The predicted molar refractivity (Wildman–Crippen MR) is 248 cm³/mol. The minimum Gasteiger partial charge on any atom is -0.310 e. The molecule has 0 amide bonds. The van der Waals surface area contributed by atoms with Crippen LogP contribution in [0.4, 0.5) is 0 Å². The highest BCUT2D eigenvalue weighted by Crippen LogP contribution is 2.47. The highest BCUT2D eigenvalue weighted by Gasteiger charge is 2.43. The lowest BCUT2D eigenvalue weighted by molar-refractivity contribution is 0.445. The second-order valence-electron chi connectivity index (χ2n) is 20.6. The summed E-state index contributed by atoms with van der Waals surface area (Å²) in [4.78, 5) is 13.8. The SMILES string of the molecule is CC(C)(C)c1ccc2c(c1)c1c(C3CCCCC3)ccc3c1n2-c1cc(-c2ncncn2)cc2c1B3c1ccc(C3CCCCC3)c3c4cc(C(C)(C)C)ccc4n-2c13. The quantitative estimate of drug-likeness (QED) is 0.168. The van der Waals surface area contributed by atoms with Gasteiger partial charge < -0.3 is 9.13 Å². The van der Waals surface area contributed by atoms with E-state index in [1.165, 1.54) is 147 Å². The maximum atomic E-state index is 4.78. The second-order valence-corrected chi connectivity index (χ2v) is 20.6. The van der Waals surface area contributed by atoms with Crippen LogP contribution in [0.2, 0.25) is 0 Å². The molecule has 4 aliphatic rings. The lowest BCUT2D eigenvalue weighted by Crippen LogP contribution is -2.59. The van der Waals surface area contributed by atoms with Crippen LogP contribution in [-0.2, 0) is 10.8 Å². The van der Waals surface area contributed by atoms with E-state index in [0.29, 0.717) is 17.7 Å². The number of rotatable bonds is 3. The predicted octanol–water partition coefficient (Wildman–Crippen LogP) is 11.6. The van der Waals surface area contributed by atoms with Gasteiger partial charge in [0.25, 0.3) is 6.71 Å². The van der Waals surface area contributed by atoms with Gasteiger partial charge in [-0.25, -0.2) is 15.0 Å². The molecule has 12 rings (SSSR count). The van der Waals surface area contributed by atoms with Gasteiger partial charge in [0.2, 0.25) is 0 Å². The maximum Gasteiger partial charge on any atom is 0.252 e. The fourth-order valence-corrected chi connectivity index (χ4v) is 12.1. The molecule has 8 aromatic rings. The van der Waals surface area contributed by atoms with E-state index in [2.05, 4.69) is 128 Å². The van der Waals surface area contributed by atoms with Crippen LogP contribution in [0, 0.1) is 0 Å². The fourth-order valence-electron chi connectivity index (χ4n) is 12.1. The van der Waals surface area contributed by atoms with Gasteiger partial charge in [-0.1, -0.05) is 116 Å². The third-order valence-corrected chi connectivity index (χ3v) is 15.0. The summed E-state index contributed by atoms with van der Waals surface area (Å²) >= 11 is 0. The fraction of sp³-hybridized carbons (Fsp3) is 0.377. The van der Waals surface area contributed by atoms with Gasteiger partial charge in [0.05, 0.1) is 11.0 Å². The van der Waals surface area contributed by atoms with Crippen molar-refractivity contribution in [1.29, 1.82) is 0 Å². The molecule has 2 aliphatic carbocycles. The highest BCUT2D eigenvalue weighted by atomic mass is 15.0. The lowest BCUT2D eigenvalue weighted by atomic mass is 9.34. The summed E-state index contributed by atoms with van der Waals surface area (Å²) in [5.41, 5.74) is 19.1. The van der Waals surface area contributed by atoms with Crippen molar-refractivity contribution in [2.24, 2.45) is 0 Å². The number of hydrogen-bond acceptors (Lipinski definition) is 3. The smallest absolute Gasteiger partial charge is 0.252 e. The van der Waals surface area contributed by atoms with E-state index in [9.17, 15) is 0 Å². The summed E-state index contributed by atoms with van der Waals surface area (Å²) in [6, 6.07) is 29.8. The van der Waals surface area contributed by atoms with Gasteiger partial charge in [-0.2, -0.15) is 0 Å². The normalized spacial score (nSPS) is 17.2. The van der Waals surface area contributed by atoms with Gasteiger partial charge in [-0.3, -0.25) is 0 Å². The Bertz CT molecular complexity index is 2850. The number of nitrogens with zero attached hydrogens (tertiary/aromatic N) is 5. The molecule has 2 fully saturated rings. The van der Waals surface area contributed by atoms with Crippen molar-refractivity contribution in [2.75, 3.05) is 0 Å². The third-order valence-electron chi connectivity index (χ3n) is 15.0. The summed E-state index contributed by atoms with van der Waals surface area (Å²) in [5, 5.41) is 5.74. The molecule has 5 aromatic carbocycles. The number of aromatic nitrogens is 5. The molecule has 0 saturated heterocycles. The summed E-state index contributed by atoms with van der Waals surface area (Å²) in [5.74, 6) is 1.87. The molecule has 294 valence electrons. The first-order valence-corrected chi connectivity index (χ1v) is 22.6. The van der Waals surface area contributed by atoms with E-state index < -0.39 is 0 Å². The van der Waals surface area contributed by atoms with Gasteiger partial charge in [-0.15, -0.1) is 0 Å². The van der Waals surface area contributed by atoms with Gasteiger partial charge in [-0.05, 0) is 123 Å². The van der Waals surface area contributed by atoms with Crippen LogP contribution in [0.25, 0.3) is 66.4 Å². The molecule has 5 heterocycles. The lowest BCUT2D eigenvalue weighted by Gasteiger charge is -2.35. The summed E-state index contributed by atoms with van der Waals surface area (Å²) in [6.07, 6.45) is 16.3. The molecule has 0 radical (unpaired) electrons. The van der Waals surface area contributed by atoms with Gasteiger partial charge >= 0.3 is 0 Å². The first-order valence-electron chi connectivity index (χ1n) is 22.6. The summed E-state index contributed by atoms with van der Waals surface area (Å²) < 4.78 is 5.31. The Balaban J connectivity index is 1.26. The molecule has 0 unspecified atom stereocenters. The van der Waals surface area contributed by atoms with Crippen LogP contribution in [0.1, 0.15) is 140 Å². The van der Waals surface area contributed by atoms with Crippen LogP contribution in [-0.4, -0.2) is 30.8 Å². The number of fused-ring (bicyclic) bond motifs is 10. The largest absolute Gasteiger partial charge is 0.310 e. The van der Waals surface area contributed by atoms with Gasteiger partial charge in [0, 0.05) is 49.5 Å². The average Bonchev–Trinajstić information content (AvgIpc) is 3.78. The molecule has 0 spiro atoms. The molecule has 5 nitrogen and oxygen atoms in total. The molecule has 2 saturated carbocycles. The molecule has 3 aromatic heterocycles. The van der Waals surface area contributed by atoms with Crippen molar-refractivity contribution in [3.8, 4) is 22.8 Å². The Hall–Kier alpha value is -5.23. The maximum absolute atomic E-state index is 4.78. The van der Waals surface area contributed by atoms with Crippen molar-refractivity contribution in [2.45, 2.75) is 128 Å². The van der Waals surface area contributed by atoms with Crippen LogP contribution >= 0.6 is 0 Å². The van der Waals surface area contributed by atoms with Crippen LogP contribution in [0.3, 0.4) is 0 Å². The van der Waals surface area contributed by atoms with Crippen LogP contribution in [0.5, 0.6) is 0 Å². The molecule has 2 aliphatic heterocycles. The molecule has 6 heteroatoms. The van der Waals surface area contributed by atoms with Crippen molar-refractivity contribution >= 4 is 66.7 Å². The van der Waals surface area contributed by atoms with Crippen molar-refractivity contribution in [3.63, 3.8) is 0 Å². The standard InChI is InChI=1S/C53H54BN5/c1-52(2,3)34-17-23-42-38(27-34)46-36(31-13-9-7-10-14-31)19-21-40-49(46)58(42)44-25-33(51-56-29-55-30-57-51)26-45-48(44)54(40)41-22-20-37(32-15-11-8-12-16-32)47-39-28-35(53(4,5)6)18-24-43(39)59(45)50(41)47/h17-32H,7-16H2,1-6H3. The van der Waals surface area contributed by atoms with E-state index in [1.807, 2.05) is 0 Å². The Kier molecular flexibility index (Phi) is 7.65. The minimum atomic E-state index is 0.0386. The molecule has 0 N–H and O–H groups in total. The second kappa shape index (κ2) is 12.6. The zero-order valence-electron chi connectivity index (χ0n) is 35.6. The Morgan fingerprint density at radius 1 is 0.542 bits per heavy atom. The molecule has 0 atom stereocenters. The summed E-state index contributed by atoms with van der Waals surface area (Å²) in [6.45, 7) is 14.2. The van der Waals surface area contributed by atoms with Crippen molar-refractivity contribution in [3.05, 3.63) is 108 Å². The summed E-state index contributed by atoms with van der Waals surface area (Å²) in [7, 11) is 0. The van der Waals surface area contributed by atoms with Crippen LogP contribution in [0.15, 0.2) is 85.5 Å². The monoisotopic (exact) mass is 771 g/mol. The Labute approximate surface area is 348 Å². The third kappa shape index (κ3) is 5.14. The van der Waals surface area contributed by atoms with Gasteiger partial charge in [0.15, 0.2) is 5.82 Å². The molecular formula is C53H54BN5. The molecule has 0 bridgehead atoms. The van der Waals surface area contributed by atoms with Gasteiger partial charge in [0.1, 0.15) is 12.7 Å². The molecular weight excluding hydrogens is 717 g/mol. The molecule has 59 heavy (non-hydrogen) atoms. The van der Waals surface area contributed by atoms with Crippen LogP contribution < -0.4 is 16.4 Å². The van der Waals surface area contributed by atoms with E-state index >= 15 is 0 Å². The Morgan fingerprint density at radius 3 is 1.44 bits per heavy atom. The van der Waals surface area contributed by atoms with E-state index in [-0.39, 0.29) is 17.5 Å². The van der Waals surface area contributed by atoms with Crippen molar-refractivity contribution < 1.29 is 0 Å². The number of benzene rings is 5. The highest BCUT2D eigenvalue weighted by molar-refractivity contribution is 7.00. The average molecular weight is 772 g/mol. The Morgan fingerprint density at radius 2 is 1.00 bits per heavy atom. The topological polar surface area (TPSA) is 48.5 Å². The minimum absolute atomic E-state index is 0.0386. The number of hydrogen-bond donors (Lipinski definition) is 0. The zero-order chi connectivity index (χ0) is 39.9. The first-order chi connectivity index (χ1) is 28.6. The van der Waals surface area contributed by atoms with E-state index in [4.69, 9.17) is 9.97 Å².